The second kappa shape index (κ2) is 12.3. The number of rotatable bonds is 10. The summed E-state index contributed by atoms with van der Waals surface area (Å²) < 4.78 is 18.6. The number of nitrogens with zero attached hydrogens (tertiary/aromatic N) is 5. The van der Waals surface area contributed by atoms with Gasteiger partial charge in [0.15, 0.2) is 17.5 Å². The molecule has 0 radical (unpaired) electrons. The van der Waals surface area contributed by atoms with Gasteiger partial charge in [-0.15, -0.1) is 10.2 Å². The van der Waals surface area contributed by atoms with E-state index in [1.165, 1.54) is 0 Å². The van der Waals surface area contributed by atoms with Gasteiger partial charge < -0.3 is 29.4 Å². The Kier molecular flexibility index (Phi) is 9.12. The molecule has 1 aromatic carbocycles. The molecular formula is C22H35N7O3. The summed E-state index contributed by atoms with van der Waals surface area (Å²) in [4.78, 5) is 6.81. The van der Waals surface area contributed by atoms with Crippen molar-refractivity contribution in [3.05, 3.63) is 35.9 Å². The number of hydrogen-bond acceptors (Lipinski definition) is 7. The number of morpholine rings is 1. The van der Waals surface area contributed by atoms with E-state index in [-0.39, 0.29) is 6.04 Å². The summed E-state index contributed by atoms with van der Waals surface area (Å²) in [6.45, 7) is 7.49. The van der Waals surface area contributed by atoms with Gasteiger partial charge in [0.05, 0.1) is 33.5 Å². The Hall–Kier alpha value is -2.85. The van der Waals surface area contributed by atoms with Gasteiger partial charge >= 0.3 is 0 Å². The van der Waals surface area contributed by atoms with Crippen LogP contribution in [0.15, 0.2) is 29.5 Å². The van der Waals surface area contributed by atoms with Gasteiger partial charge in [-0.1, -0.05) is 13.0 Å². The number of guanidine groups is 1. The third-order valence-electron chi connectivity index (χ3n) is 5.62. The third kappa shape index (κ3) is 6.10. The number of hydrogen-bond donors (Lipinski definition) is 2. The van der Waals surface area contributed by atoms with Crippen LogP contribution in [0.4, 0.5) is 0 Å². The predicted molar refractivity (Wildman–Crippen MR) is 123 cm³/mol. The minimum Gasteiger partial charge on any atom is -0.493 e. The molecule has 1 unspecified atom stereocenters. The lowest BCUT2D eigenvalue weighted by atomic mass is 10.0. The zero-order valence-electron chi connectivity index (χ0n) is 19.5. The van der Waals surface area contributed by atoms with Gasteiger partial charge in [0.2, 0.25) is 0 Å². The molecule has 0 saturated carbocycles. The number of nitrogens with one attached hydrogen (secondary N) is 2. The van der Waals surface area contributed by atoms with Crippen LogP contribution >= 0.6 is 0 Å². The van der Waals surface area contributed by atoms with Gasteiger partial charge in [0, 0.05) is 46.2 Å². The minimum absolute atomic E-state index is 0.141. The Bertz CT molecular complexity index is 865. The van der Waals surface area contributed by atoms with Crippen molar-refractivity contribution in [1.29, 1.82) is 0 Å². The highest BCUT2D eigenvalue weighted by Crippen LogP contribution is 2.32. The quantitative estimate of drug-likeness (QED) is 0.414. The number of benzene rings is 1. The van der Waals surface area contributed by atoms with Crippen LogP contribution < -0.4 is 20.1 Å². The summed E-state index contributed by atoms with van der Waals surface area (Å²) in [5.41, 5.74) is 1.16. The molecule has 0 aliphatic carbocycles. The van der Waals surface area contributed by atoms with Gasteiger partial charge in [-0.05, 0) is 17.7 Å². The zero-order valence-corrected chi connectivity index (χ0v) is 19.5. The van der Waals surface area contributed by atoms with E-state index in [0.29, 0.717) is 6.54 Å². The topological polar surface area (TPSA) is 98.1 Å². The molecule has 1 aliphatic heterocycles. The summed E-state index contributed by atoms with van der Waals surface area (Å²) in [7, 11) is 5.10. The van der Waals surface area contributed by atoms with Crippen molar-refractivity contribution in [2.75, 3.05) is 60.7 Å². The molecule has 1 saturated heterocycles. The number of aliphatic imine (C=N–C) groups is 1. The first kappa shape index (κ1) is 23.8. The van der Waals surface area contributed by atoms with E-state index in [4.69, 9.17) is 14.2 Å². The Morgan fingerprint density at radius 3 is 2.66 bits per heavy atom. The van der Waals surface area contributed by atoms with Crippen LogP contribution in [0.5, 0.6) is 11.5 Å². The van der Waals surface area contributed by atoms with E-state index >= 15 is 0 Å². The normalized spacial score (nSPS) is 15.9. The lowest BCUT2D eigenvalue weighted by molar-refractivity contribution is 0.0169. The van der Waals surface area contributed by atoms with Crippen LogP contribution in [-0.2, 0) is 17.7 Å². The van der Waals surface area contributed by atoms with Crippen LogP contribution in [0, 0.1) is 0 Å². The van der Waals surface area contributed by atoms with E-state index in [0.717, 1.165) is 74.7 Å². The molecule has 3 rings (SSSR count). The van der Waals surface area contributed by atoms with Crippen molar-refractivity contribution < 1.29 is 14.2 Å². The Balaban J connectivity index is 1.65. The number of aromatic nitrogens is 3. The van der Waals surface area contributed by atoms with Crippen molar-refractivity contribution in [2.24, 2.45) is 4.99 Å². The highest BCUT2D eigenvalue weighted by atomic mass is 16.5. The monoisotopic (exact) mass is 445 g/mol. The molecule has 1 atom stereocenters. The first-order chi connectivity index (χ1) is 15.7. The summed E-state index contributed by atoms with van der Waals surface area (Å²) in [6.07, 6.45) is 2.63. The molecule has 10 heteroatoms. The average molecular weight is 446 g/mol. The standard InChI is InChI=1S/C22H35N7O3/c1-5-21-27-26-16-29(21)9-8-24-22(23-2)25-15-18(28-10-12-32-13-11-28)17-6-7-19(30-3)20(14-17)31-4/h6-7,14,16,18H,5,8-13,15H2,1-4H3,(H2,23,24,25). The second-order valence-corrected chi connectivity index (χ2v) is 7.45. The van der Waals surface area contributed by atoms with E-state index in [2.05, 4.69) is 54.3 Å². The predicted octanol–water partition coefficient (Wildman–Crippen LogP) is 1.10. The molecule has 1 aliphatic rings. The second-order valence-electron chi connectivity index (χ2n) is 7.45. The van der Waals surface area contributed by atoms with Gasteiger partial charge in [-0.3, -0.25) is 9.89 Å². The first-order valence-electron chi connectivity index (χ1n) is 11.0. The van der Waals surface area contributed by atoms with Crippen molar-refractivity contribution in [3.8, 4) is 11.5 Å². The van der Waals surface area contributed by atoms with Crippen molar-refractivity contribution in [3.63, 3.8) is 0 Å². The molecule has 2 heterocycles. The molecule has 0 bridgehead atoms. The van der Waals surface area contributed by atoms with Crippen LogP contribution in [0.3, 0.4) is 0 Å². The van der Waals surface area contributed by atoms with Gasteiger partial charge in [0.25, 0.3) is 0 Å². The highest BCUT2D eigenvalue weighted by molar-refractivity contribution is 5.79. The molecule has 0 spiro atoms. The van der Waals surface area contributed by atoms with Crippen molar-refractivity contribution in [2.45, 2.75) is 25.9 Å². The molecular weight excluding hydrogens is 410 g/mol. The van der Waals surface area contributed by atoms with Crippen molar-refractivity contribution in [1.82, 2.24) is 30.3 Å². The fourth-order valence-electron chi connectivity index (χ4n) is 3.86. The maximum Gasteiger partial charge on any atom is 0.191 e. The highest BCUT2D eigenvalue weighted by Gasteiger charge is 2.24. The van der Waals surface area contributed by atoms with Gasteiger partial charge in [-0.2, -0.15) is 0 Å². The van der Waals surface area contributed by atoms with Crippen molar-refractivity contribution >= 4 is 5.96 Å². The SMILES string of the molecule is CCc1nncn1CCNC(=NC)NCC(c1ccc(OC)c(OC)c1)N1CCOCC1. The van der Waals surface area contributed by atoms with Gasteiger partial charge in [0.1, 0.15) is 12.2 Å². The van der Waals surface area contributed by atoms with E-state index in [9.17, 15) is 0 Å². The largest absolute Gasteiger partial charge is 0.493 e. The molecule has 0 amide bonds. The lowest BCUT2D eigenvalue weighted by Gasteiger charge is -2.35. The summed E-state index contributed by atoms with van der Waals surface area (Å²) >= 11 is 0. The summed E-state index contributed by atoms with van der Waals surface area (Å²) in [6, 6.07) is 6.24. The molecule has 10 nitrogen and oxygen atoms in total. The molecule has 32 heavy (non-hydrogen) atoms. The Morgan fingerprint density at radius 1 is 1.19 bits per heavy atom. The maximum absolute atomic E-state index is 5.57. The number of ether oxygens (including phenoxy) is 3. The van der Waals surface area contributed by atoms with E-state index in [1.54, 1.807) is 27.6 Å². The smallest absolute Gasteiger partial charge is 0.191 e. The van der Waals surface area contributed by atoms with E-state index < -0.39 is 0 Å². The number of aryl methyl sites for hydroxylation is 1. The van der Waals surface area contributed by atoms with Gasteiger partial charge in [-0.25, -0.2) is 0 Å². The average Bonchev–Trinajstić information content (AvgIpc) is 3.31. The van der Waals surface area contributed by atoms with Crippen LogP contribution in [0.1, 0.15) is 24.4 Å². The minimum atomic E-state index is 0.141. The lowest BCUT2D eigenvalue weighted by Crippen LogP contribution is -2.46. The van der Waals surface area contributed by atoms with Crippen LogP contribution in [-0.4, -0.2) is 86.3 Å². The molecule has 1 aromatic heterocycles. The number of methoxy groups -OCH3 is 2. The first-order valence-corrected chi connectivity index (χ1v) is 11.0. The molecule has 176 valence electrons. The van der Waals surface area contributed by atoms with Crippen LogP contribution in [0.2, 0.25) is 0 Å². The zero-order chi connectivity index (χ0) is 22.8. The van der Waals surface area contributed by atoms with Crippen LogP contribution in [0.25, 0.3) is 0 Å². The Morgan fingerprint density at radius 2 is 1.97 bits per heavy atom. The molecule has 1 fully saturated rings. The summed E-state index contributed by atoms with van der Waals surface area (Å²) in [5, 5.41) is 15.0. The third-order valence-corrected chi connectivity index (χ3v) is 5.62. The fraction of sp³-hybridized carbons (Fsp3) is 0.591. The maximum atomic E-state index is 5.57. The fourth-order valence-corrected chi connectivity index (χ4v) is 3.86. The Labute approximate surface area is 190 Å². The summed E-state index contributed by atoms with van der Waals surface area (Å²) in [5.74, 6) is 3.19. The molecule has 2 N–H and O–H groups in total. The molecule has 2 aromatic rings. The van der Waals surface area contributed by atoms with E-state index in [1.807, 2.05) is 6.07 Å².